The molecular formula is C20H27IN6O2. The normalized spacial score (nSPS) is 11.2. The fraction of sp³-hybridized carbons (Fsp3) is 0.350. The van der Waals surface area contributed by atoms with Gasteiger partial charge in [0.25, 0.3) is 0 Å². The average molecular weight is 510 g/mol. The van der Waals surface area contributed by atoms with E-state index in [-0.39, 0.29) is 24.0 Å². The number of hydrogen-bond donors (Lipinski definition) is 2. The second-order valence-corrected chi connectivity index (χ2v) is 6.06. The molecule has 0 spiro atoms. The highest BCUT2D eigenvalue weighted by atomic mass is 127. The summed E-state index contributed by atoms with van der Waals surface area (Å²) in [7, 11) is 0. The predicted octanol–water partition coefficient (Wildman–Crippen LogP) is 3.50. The van der Waals surface area contributed by atoms with Crippen LogP contribution in [0.25, 0.3) is 5.65 Å². The first kappa shape index (κ1) is 22.7. The number of nitrogens with one attached hydrogen (secondary N) is 1. The zero-order valence-electron chi connectivity index (χ0n) is 16.7. The molecule has 156 valence electrons. The summed E-state index contributed by atoms with van der Waals surface area (Å²) in [6.45, 7) is 5.61. The van der Waals surface area contributed by atoms with Gasteiger partial charge >= 0.3 is 0 Å². The number of ether oxygens (including phenoxy) is 2. The van der Waals surface area contributed by atoms with Gasteiger partial charge in [-0.1, -0.05) is 6.07 Å². The number of halogens is 1. The molecule has 0 saturated heterocycles. The maximum Gasteiger partial charge on any atom is 0.193 e. The van der Waals surface area contributed by atoms with Crippen molar-refractivity contribution in [3.05, 3.63) is 48.4 Å². The van der Waals surface area contributed by atoms with Crippen molar-refractivity contribution in [1.82, 2.24) is 14.6 Å². The van der Waals surface area contributed by atoms with Crippen LogP contribution in [0.3, 0.4) is 0 Å². The van der Waals surface area contributed by atoms with E-state index in [1.165, 1.54) is 0 Å². The Labute approximate surface area is 187 Å². The minimum absolute atomic E-state index is 0. The molecule has 0 atom stereocenters. The molecule has 0 aliphatic carbocycles. The van der Waals surface area contributed by atoms with Gasteiger partial charge in [-0.25, -0.2) is 0 Å². The number of fused-ring (bicyclic) bond motifs is 1. The Hall–Kier alpha value is -2.56. The van der Waals surface area contributed by atoms with Crippen LogP contribution in [0.4, 0.5) is 5.69 Å². The topological polar surface area (TPSA) is 99.1 Å². The van der Waals surface area contributed by atoms with Crippen LogP contribution in [-0.2, 0) is 6.42 Å². The molecule has 29 heavy (non-hydrogen) atoms. The molecule has 0 fully saturated rings. The van der Waals surface area contributed by atoms with E-state index in [0.29, 0.717) is 31.5 Å². The first-order valence-corrected chi connectivity index (χ1v) is 9.46. The van der Waals surface area contributed by atoms with Gasteiger partial charge in [0, 0.05) is 25.2 Å². The molecule has 2 heterocycles. The minimum Gasteiger partial charge on any atom is -0.494 e. The molecule has 0 aliphatic heterocycles. The largest absolute Gasteiger partial charge is 0.494 e. The summed E-state index contributed by atoms with van der Waals surface area (Å²) in [5.74, 6) is 2.71. The SMILES string of the molecule is CCOc1ccc(OCC)c(NC(N)=NCCCc2nnc3ccccn23)c1.I. The summed E-state index contributed by atoms with van der Waals surface area (Å²) in [5, 5.41) is 11.5. The van der Waals surface area contributed by atoms with Gasteiger partial charge in [0.1, 0.15) is 17.3 Å². The van der Waals surface area contributed by atoms with Crippen LogP contribution < -0.4 is 20.5 Å². The number of aryl methyl sites for hydroxylation is 1. The smallest absolute Gasteiger partial charge is 0.193 e. The Balaban J connectivity index is 0.00000300. The van der Waals surface area contributed by atoms with E-state index in [1.54, 1.807) is 0 Å². The van der Waals surface area contributed by atoms with E-state index in [0.717, 1.165) is 35.8 Å². The minimum atomic E-state index is 0. The molecular weight excluding hydrogens is 483 g/mol. The summed E-state index contributed by atoms with van der Waals surface area (Å²) < 4.78 is 13.2. The highest BCUT2D eigenvalue weighted by Crippen LogP contribution is 2.29. The number of nitrogens with two attached hydrogens (primary N) is 1. The molecule has 0 bridgehead atoms. The Morgan fingerprint density at radius 2 is 1.97 bits per heavy atom. The van der Waals surface area contributed by atoms with Gasteiger partial charge in [-0.15, -0.1) is 34.2 Å². The summed E-state index contributed by atoms with van der Waals surface area (Å²) >= 11 is 0. The number of aliphatic imine (C=N–C) groups is 1. The van der Waals surface area contributed by atoms with Gasteiger partial charge < -0.3 is 20.5 Å². The molecule has 0 saturated carbocycles. The fourth-order valence-corrected chi connectivity index (χ4v) is 2.82. The average Bonchev–Trinajstić information content (AvgIpc) is 3.11. The van der Waals surface area contributed by atoms with E-state index in [9.17, 15) is 0 Å². The zero-order chi connectivity index (χ0) is 19.8. The Bertz CT molecular complexity index is 944. The fourth-order valence-electron chi connectivity index (χ4n) is 2.82. The maximum absolute atomic E-state index is 6.05. The molecule has 3 aromatic rings. The van der Waals surface area contributed by atoms with Gasteiger partial charge in [0.05, 0.1) is 18.9 Å². The molecule has 9 heteroatoms. The van der Waals surface area contributed by atoms with Crippen LogP contribution in [0.2, 0.25) is 0 Å². The lowest BCUT2D eigenvalue weighted by molar-refractivity contribution is 0.332. The summed E-state index contributed by atoms with van der Waals surface area (Å²) in [5.41, 5.74) is 7.63. The van der Waals surface area contributed by atoms with Crippen molar-refractivity contribution in [2.75, 3.05) is 25.1 Å². The van der Waals surface area contributed by atoms with E-state index < -0.39 is 0 Å². The lowest BCUT2D eigenvalue weighted by Crippen LogP contribution is -2.23. The van der Waals surface area contributed by atoms with Crippen molar-refractivity contribution < 1.29 is 9.47 Å². The van der Waals surface area contributed by atoms with Crippen molar-refractivity contribution >= 4 is 41.3 Å². The van der Waals surface area contributed by atoms with Gasteiger partial charge in [-0.05, 0) is 44.5 Å². The lowest BCUT2D eigenvalue weighted by Gasteiger charge is -2.14. The van der Waals surface area contributed by atoms with Gasteiger partial charge in [-0.3, -0.25) is 9.39 Å². The van der Waals surface area contributed by atoms with E-state index in [2.05, 4.69) is 20.5 Å². The maximum atomic E-state index is 6.05. The van der Waals surface area contributed by atoms with Crippen LogP contribution in [0, 0.1) is 0 Å². The Morgan fingerprint density at radius 1 is 1.14 bits per heavy atom. The van der Waals surface area contributed by atoms with Crippen molar-refractivity contribution in [2.45, 2.75) is 26.7 Å². The van der Waals surface area contributed by atoms with E-state index >= 15 is 0 Å². The third-order valence-electron chi connectivity index (χ3n) is 4.05. The number of rotatable bonds is 9. The van der Waals surface area contributed by atoms with Gasteiger partial charge in [0.2, 0.25) is 0 Å². The molecule has 0 radical (unpaired) electrons. The Kier molecular flexibility index (Phi) is 8.97. The third kappa shape index (κ3) is 6.21. The monoisotopic (exact) mass is 510 g/mol. The van der Waals surface area contributed by atoms with Gasteiger partial charge in [-0.2, -0.15) is 0 Å². The molecule has 2 aromatic heterocycles. The number of hydrogen-bond acceptors (Lipinski definition) is 5. The lowest BCUT2D eigenvalue weighted by atomic mass is 10.2. The number of guanidine groups is 1. The highest BCUT2D eigenvalue weighted by Gasteiger charge is 2.08. The van der Waals surface area contributed by atoms with Crippen LogP contribution in [0.1, 0.15) is 26.1 Å². The molecule has 8 nitrogen and oxygen atoms in total. The second kappa shape index (κ2) is 11.4. The number of anilines is 1. The number of nitrogens with zero attached hydrogens (tertiary/aromatic N) is 4. The van der Waals surface area contributed by atoms with Crippen LogP contribution in [0.15, 0.2) is 47.6 Å². The zero-order valence-corrected chi connectivity index (χ0v) is 19.0. The van der Waals surface area contributed by atoms with Gasteiger partial charge in [0.15, 0.2) is 11.6 Å². The predicted molar refractivity (Wildman–Crippen MR) is 126 cm³/mol. The van der Waals surface area contributed by atoms with Crippen molar-refractivity contribution in [3.63, 3.8) is 0 Å². The number of benzene rings is 1. The molecule has 3 rings (SSSR count). The van der Waals surface area contributed by atoms with Crippen molar-refractivity contribution in [1.29, 1.82) is 0 Å². The van der Waals surface area contributed by atoms with Crippen molar-refractivity contribution in [3.8, 4) is 11.5 Å². The summed E-state index contributed by atoms with van der Waals surface area (Å²) in [6, 6.07) is 11.4. The van der Waals surface area contributed by atoms with Crippen LogP contribution in [-0.4, -0.2) is 40.3 Å². The van der Waals surface area contributed by atoms with E-state index in [4.69, 9.17) is 15.2 Å². The highest BCUT2D eigenvalue weighted by molar-refractivity contribution is 14.0. The molecule has 0 amide bonds. The quantitative estimate of drug-likeness (QED) is 0.198. The van der Waals surface area contributed by atoms with Crippen LogP contribution in [0.5, 0.6) is 11.5 Å². The molecule has 0 unspecified atom stereocenters. The van der Waals surface area contributed by atoms with Crippen molar-refractivity contribution in [2.24, 2.45) is 10.7 Å². The standard InChI is InChI=1S/C20H26N6O2.HI/c1-3-27-15-10-11-17(28-4-2)16(14-15)23-20(21)22-12-7-9-19-25-24-18-8-5-6-13-26(18)19;/h5-6,8,10-11,13-14H,3-4,7,9,12H2,1-2H3,(H3,21,22,23);1H. The summed E-state index contributed by atoms with van der Waals surface area (Å²) in [6.07, 6.45) is 3.55. The molecule has 0 aliphatic rings. The number of pyridine rings is 1. The molecule has 1 aromatic carbocycles. The molecule has 3 N–H and O–H groups in total. The van der Waals surface area contributed by atoms with E-state index in [1.807, 2.05) is 60.8 Å². The second-order valence-electron chi connectivity index (χ2n) is 6.06. The summed E-state index contributed by atoms with van der Waals surface area (Å²) in [4.78, 5) is 4.41. The first-order valence-electron chi connectivity index (χ1n) is 9.46. The first-order chi connectivity index (χ1) is 13.7. The van der Waals surface area contributed by atoms with Crippen LogP contribution >= 0.6 is 24.0 Å². The Morgan fingerprint density at radius 3 is 2.76 bits per heavy atom. The third-order valence-corrected chi connectivity index (χ3v) is 4.05. The number of aromatic nitrogens is 3.